The zero-order valence-corrected chi connectivity index (χ0v) is 13.3. The van der Waals surface area contributed by atoms with Gasteiger partial charge in [-0.2, -0.15) is 0 Å². The van der Waals surface area contributed by atoms with Gasteiger partial charge >= 0.3 is 0 Å². The number of nitrogens with one attached hydrogen (secondary N) is 2. The van der Waals surface area contributed by atoms with Gasteiger partial charge in [0.1, 0.15) is 5.75 Å². The highest BCUT2D eigenvalue weighted by Gasteiger charge is 2.19. The third kappa shape index (κ3) is 3.98. The molecule has 2 N–H and O–H groups in total. The van der Waals surface area contributed by atoms with Crippen molar-refractivity contribution in [3.05, 3.63) is 23.8 Å². The summed E-state index contributed by atoms with van der Waals surface area (Å²) in [6.45, 7) is 0.975. The van der Waals surface area contributed by atoms with Crippen LogP contribution in [0.2, 0.25) is 0 Å². The lowest BCUT2D eigenvalue weighted by atomic mass is 10.1. The molecule has 2 amide bonds. The lowest BCUT2D eigenvalue weighted by Gasteiger charge is -2.15. The van der Waals surface area contributed by atoms with E-state index in [-0.39, 0.29) is 17.9 Å². The predicted molar refractivity (Wildman–Crippen MR) is 85.3 cm³/mol. The number of amides is 2. The van der Waals surface area contributed by atoms with Gasteiger partial charge in [-0.3, -0.25) is 9.59 Å². The van der Waals surface area contributed by atoms with E-state index >= 15 is 0 Å². The van der Waals surface area contributed by atoms with Crippen molar-refractivity contribution in [3.8, 4) is 5.75 Å². The molecule has 6 heteroatoms. The molecule has 1 heterocycles. The molecule has 1 saturated heterocycles. The van der Waals surface area contributed by atoms with Crippen LogP contribution in [0.4, 0.5) is 5.69 Å². The first-order chi connectivity index (χ1) is 10.5. The van der Waals surface area contributed by atoms with Crippen molar-refractivity contribution < 1.29 is 14.3 Å². The average molecular weight is 305 g/mol. The second kappa shape index (κ2) is 7.26. The van der Waals surface area contributed by atoms with Crippen LogP contribution in [-0.2, 0) is 4.79 Å². The maximum Gasteiger partial charge on any atom is 0.253 e. The fraction of sp³-hybridized carbons (Fsp3) is 0.500. The molecule has 2 rings (SSSR count). The molecule has 1 aromatic carbocycles. The molecule has 0 saturated carbocycles. The molecule has 120 valence electrons. The highest BCUT2D eigenvalue weighted by molar-refractivity contribution is 5.97. The van der Waals surface area contributed by atoms with E-state index in [1.54, 1.807) is 32.3 Å². The number of carbonyl (C=O) groups excluding carboxylic acids is 2. The molecule has 6 nitrogen and oxygen atoms in total. The number of ether oxygens (including phenoxy) is 1. The lowest BCUT2D eigenvalue weighted by molar-refractivity contribution is -0.116. The molecule has 1 unspecified atom stereocenters. The molecule has 0 spiro atoms. The van der Waals surface area contributed by atoms with Gasteiger partial charge in [0.15, 0.2) is 0 Å². The second-order valence-corrected chi connectivity index (χ2v) is 5.66. The van der Waals surface area contributed by atoms with Crippen LogP contribution in [-0.4, -0.2) is 50.5 Å². The SMILES string of the molecule is COc1cc(C(=O)N(C)C)ccc1NC(=O)CC1CCCN1. The highest BCUT2D eigenvalue weighted by atomic mass is 16.5. The molecule has 1 aliphatic heterocycles. The molecule has 1 aromatic rings. The van der Waals surface area contributed by atoms with E-state index in [0.717, 1.165) is 19.4 Å². The Morgan fingerprint density at radius 2 is 2.18 bits per heavy atom. The summed E-state index contributed by atoms with van der Waals surface area (Å²) >= 11 is 0. The van der Waals surface area contributed by atoms with Crippen LogP contribution < -0.4 is 15.4 Å². The standard InChI is InChI=1S/C16H23N3O3/c1-19(2)16(21)11-6-7-13(14(9-11)22-3)18-15(20)10-12-5-4-8-17-12/h6-7,9,12,17H,4-5,8,10H2,1-3H3,(H,18,20). The van der Waals surface area contributed by atoms with Crippen LogP contribution in [0.25, 0.3) is 0 Å². The van der Waals surface area contributed by atoms with Gasteiger partial charge in [0, 0.05) is 32.1 Å². The summed E-state index contributed by atoms with van der Waals surface area (Å²) in [7, 11) is 4.91. The number of rotatable bonds is 5. The van der Waals surface area contributed by atoms with Gasteiger partial charge in [-0.05, 0) is 37.6 Å². The fourth-order valence-electron chi connectivity index (χ4n) is 2.54. The molecule has 0 aliphatic carbocycles. The Bertz CT molecular complexity index is 552. The van der Waals surface area contributed by atoms with Crippen molar-refractivity contribution in [3.63, 3.8) is 0 Å². The van der Waals surface area contributed by atoms with Crippen LogP contribution in [0, 0.1) is 0 Å². The Kier molecular flexibility index (Phi) is 5.38. The topological polar surface area (TPSA) is 70.7 Å². The maximum atomic E-state index is 12.1. The van der Waals surface area contributed by atoms with Gasteiger partial charge < -0.3 is 20.3 Å². The molecule has 1 fully saturated rings. The lowest BCUT2D eigenvalue weighted by Crippen LogP contribution is -2.27. The van der Waals surface area contributed by atoms with Crippen LogP contribution in [0.3, 0.4) is 0 Å². The van der Waals surface area contributed by atoms with E-state index in [1.807, 2.05) is 0 Å². The van der Waals surface area contributed by atoms with Crippen LogP contribution in [0.15, 0.2) is 18.2 Å². The number of methoxy groups -OCH3 is 1. The molecular weight excluding hydrogens is 282 g/mol. The summed E-state index contributed by atoms with van der Waals surface area (Å²) in [5.41, 5.74) is 1.11. The van der Waals surface area contributed by atoms with E-state index in [9.17, 15) is 9.59 Å². The Morgan fingerprint density at radius 3 is 2.77 bits per heavy atom. The largest absolute Gasteiger partial charge is 0.495 e. The minimum absolute atomic E-state index is 0.0515. The van der Waals surface area contributed by atoms with E-state index in [4.69, 9.17) is 4.74 Å². The summed E-state index contributed by atoms with van der Waals surface area (Å²) in [4.78, 5) is 25.5. The van der Waals surface area contributed by atoms with Gasteiger partial charge in [0.2, 0.25) is 5.91 Å². The van der Waals surface area contributed by atoms with Crippen molar-refractivity contribution in [1.29, 1.82) is 0 Å². The minimum atomic E-state index is -0.105. The normalized spacial score (nSPS) is 17.1. The van der Waals surface area contributed by atoms with E-state index in [0.29, 0.717) is 23.4 Å². The summed E-state index contributed by atoms with van der Waals surface area (Å²) < 4.78 is 5.29. The van der Waals surface area contributed by atoms with Crippen LogP contribution in [0.1, 0.15) is 29.6 Å². The summed E-state index contributed by atoms with van der Waals surface area (Å²) in [6, 6.07) is 5.29. The zero-order valence-electron chi connectivity index (χ0n) is 13.3. The Balaban J connectivity index is 2.06. The number of carbonyl (C=O) groups is 2. The summed E-state index contributed by atoms with van der Waals surface area (Å²) in [5.74, 6) is 0.330. The molecule has 0 radical (unpaired) electrons. The van der Waals surface area contributed by atoms with Gasteiger partial charge in [0.25, 0.3) is 5.91 Å². The first kappa shape index (κ1) is 16.3. The quantitative estimate of drug-likeness (QED) is 0.864. The fourth-order valence-corrected chi connectivity index (χ4v) is 2.54. The number of anilines is 1. The zero-order chi connectivity index (χ0) is 16.1. The van der Waals surface area contributed by atoms with Gasteiger partial charge in [-0.25, -0.2) is 0 Å². The van der Waals surface area contributed by atoms with Crippen LogP contribution in [0.5, 0.6) is 5.75 Å². The average Bonchev–Trinajstić information content (AvgIpc) is 2.99. The van der Waals surface area contributed by atoms with E-state index in [1.165, 1.54) is 12.0 Å². The Morgan fingerprint density at radius 1 is 1.41 bits per heavy atom. The van der Waals surface area contributed by atoms with Crippen LogP contribution >= 0.6 is 0 Å². The molecule has 22 heavy (non-hydrogen) atoms. The van der Waals surface area contributed by atoms with E-state index in [2.05, 4.69) is 10.6 Å². The molecule has 0 aromatic heterocycles. The highest BCUT2D eigenvalue weighted by Crippen LogP contribution is 2.26. The predicted octanol–water partition coefficient (Wildman–Crippen LogP) is 1.48. The van der Waals surface area contributed by atoms with Gasteiger partial charge in [-0.15, -0.1) is 0 Å². The summed E-state index contributed by atoms with van der Waals surface area (Å²) in [5, 5.41) is 6.15. The molecule has 1 aliphatic rings. The third-order valence-corrected chi connectivity index (χ3v) is 3.72. The molecule has 1 atom stereocenters. The number of hydrogen-bond acceptors (Lipinski definition) is 4. The summed E-state index contributed by atoms with van der Waals surface area (Å²) in [6.07, 6.45) is 2.59. The van der Waals surface area contributed by atoms with Crippen molar-refractivity contribution in [1.82, 2.24) is 10.2 Å². The number of nitrogens with zero attached hydrogens (tertiary/aromatic N) is 1. The monoisotopic (exact) mass is 305 g/mol. The maximum absolute atomic E-state index is 12.1. The number of benzene rings is 1. The first-order valence-electron chi connectivity index (χ1n) is 7.44. The van der Waals surface area contributed by atoms with Gasteiger partial charge in [0.05, 0.1) is 12.8 Å². The smallest absolute Gasteiger partial charge is 0.253 e. The molecule has 0 bridgehead atoms. The Hall–Kier alpha value is -2.08. The second-order valence-electron chi connectivity index (χ2n) is 5.66. The minimum Gasteiger partial charge on any atom is -0.495 e. The molecular formula is C16H23N3O3. The van der Waals surface area contributed by atoms with Gasteiger partial charge in [-0.1, -0.05) is 0 Å². The first-order valence-corrected chi connectivity index (χ1v) is 7.44. The third-order valence-electron chi connectivity index (χ3n) is 3.72. The van der Waals surface area contributed by atoms with Crippen molar-refractivity contribution >= 4 is 17.5 Å². The van der Waals surface area contributed by atoms with Crippen molar-refractivity contribution in [2.75, 3.05) is 33.1 Å². The Labute approximate surface area is 130 Å². The number of hydrogen-bond donors (Lipinski definition) is 2. The van der Waals surface area contributed by atoms with Crippen molar-refractivity contribution in [2.24, 2.45) is 0 Å². The van der Waals surface area contributed by atoms with E-state index < -0.39 is 0 Å². The van der Waals surface area contributed by atoms with Crippen molar-refractivity contribution in [2.45, 2.75) is 25.3 Å².